The molecule has 0 fully saturated rings. The van der Waals surface area contributed by atoms with Gasteiger partial charge < -0.3 is 16.2 Å². The minimum Gasteiger partial charge on any atom is -0.481 e. The Kier molecular flexibility index (Phi) is 11.7. The molecule has 0 aliphatic heterocycles. The monoisotopic (exact) mass is 460 g/mol. The molecule has 9 nitrogen and oxygen atoms in total. The Morgan fingerprint density at radius 3 is 2.18 bits per heavy atom. The van der Waals surface area contributed by atoms with Crippen LogP contribution in [0.2, 0.25) is 0 Å². The van der Waals surface area contributed by atoms with Crippen molar-refractivity contribution in [3.8, 4) is 0 Å². The van der Waals surface area contributed by atoms with Gasteiger partial charge in [-0.2, -0.15) is 0 Å². The van der Waals surface area contributed by atoms with Gasteiger partial charge >= 0.3 is 12.0 Å². The number of carbonyl (C=O) groups excluding carboxylic acids is 3. The molecule has 4 amide bonds. The first-order valence-electron chi connectivity index (χ1n) is 11.1. The topological polar surface area (TPSA) is 142 Å². The normalized spacial score (nSPS) is 13.0. The van der Waals surface area contributed by atoms with Crippen molar-refractivity contribution < 1.29 is 24.3 Å². The molecule has 0 saturated heterocycles. The third-order valence-electron chi connectivity index (χ3n) is 4.87. The number of nitrogens with one attached hydrogen (secondary N) is 2. The fourth-order valence-corrected chi connectivity index (χ4v) is 3.36. The molecule has 1 aromatic rings. The van der Waals surface area contributed by atoms with Crippen molar-refractivity contribution in [3.63, 3.8) is 0 Å². The number of urea groups is 1. The smallest absolute Gasteiger partial charge is 0.312 e. The molecule has 182 valence electrons. The van der Waals surface area contributed by atoms with Gasteiger partial charge in [-0.3, -0.25) is 24.8 Å². The molecule has 0 heterocycles. The van der Waals surface area contributed by atoms with E-state index in [0.29, 0.717) is 6.42 Å². The van der Waals surface area contributed by atoms with Gasteiger partial charge in [0.05, 0.1) is 11.8 Å². The van der Waals surface area contributed by atoms with Crippen LogP contribution in [-0.2, 0) is 14.4 Å². The third-order valence-corrected chi connectivity index (χ3v) is 4.87. The second kappa shape index (κ2) is 13.9. The Bertz CT molecular complexity index is 823. The number of primary amides is 1. The molecule has 0 aromatic heterocycles. The van der Waals surface area contributed by atoms with E-state index in [1.165, 1.54) is 0 Å². The molecule has 9 heteroatoms. The van der Waals surface area contributed by atoms with Crippen molar-refractivity contribution in [1.82, 2.24) is 15.8 Å². The molecule has 0 aliphatic rings. The van der Waals surface area contributed by atoms with Crippen molar-refractivity contribution in [1.29, 1.82) is 0 Å². The van der Waals surface area contributed by atoms with E-state index in [-0.39, 0.29) is 31.3 Å². The van der Waals surface area contributed by atoms with E-state index in [0.717, 1.165) is 10.6 Å². The molecule has 1 rings (SSSR count). The Hall–Kier alpha value is -3.36. The van der Waals surface area contributed by atoms with E-state index in [4.69, 9.17) is 5.73 Å². The van der Waals surface area contributed by atoms with Gasteiger partial charge in [-0.05, 0) is 30.2 Å². The minimum absolute atomic E-state index is 0.0236. The predicted molar refractivity (Wildman–Crippen MR) is 126 cm³/mol. The number of amides is 4. The number of rotatable bonds is 12. The van der Waals surface area contributed by atoms with E-state index in [1.807, 2.05) is 64.1 Å². The van der Waals surface area contributed by atoms with Gasteiger partial charge in [0.1, 0.15) is 6.54 Å². The molecule has 0 unspecified atom stereocenters. The average Bonchev–Trinajstić information content (AvgIpc) is 2.73. The Balaban J connectivity index is 3.05. The van der Waals surface area contributed by atoms with Crippen molar-refractivity contribution in [3.05, 3.63) is 42.0 Å². The molecule has 0 bridgehead atoms. The predicted octanol–water partition coefficient (Wildman–Crippen LogP) is 2.64. The summed E-state index contributed by atoms with van der Waals surface area (Å²) in [6, 6.07) is 8.62. The van der Waals surface area contributed by atoms with Gasteiger partial charge in [0, 0.05) is 6.54 Å². The summed E-state index contributed by atoms with van der Waals surface area (Å²) in [6.45, 7) is 7.38. The highest BCUT2D eigenvalue weighted by atomic mass is 16.4. The molecule has 0 saturated carbocycles. The first-order valence-corrected chi connectivity index (χ1v) is 11.1. The van der Waals surface area contributed by atoms with Crippen LogP contribution in [0, 0.1) is 23.7 Å². The number of allylic oxidation sites excluding steroid dienone is 1. The number of carboxylic acids is 1. The van der Waals surface area contributed by atoms with Crippen molar-refractivity contribution in [2.45, 2.75) is 40.5 Å². The van der Waals surface area contributed by atoms with Crippen LogP contribution in [-0.4, -0.2) is 47.0 Å². The third kappa shape index (κ3) is 10.7. The summed E-state index contributed by atoms with van der Waals surface area (Å²) in [6.07, 6.45) is 4.08. The molecule has 2 atom stereocenters. The molecule has 0 spiro atoms. The minimum atomic E-state index is -1.08. The summed E-state index contributed by atoms with van der Waals surface area (Å²) in [4.78, 5) is 48.7. The van der Waals surface area contributed by atoms with E-state index in [1.54, 1.807) is 6.08 Å². The van der Waals surface area contributed by atoms with Gasteiger partial charge in [-0.1, -0.05) is 70.2 Å². The van der Waals surface area contributed by atoms with E-state index in [2.05, 4.69) is 10.7 Å². The summed E-state index contributed by atoms with van der Waals surface area (Å²) >= 11 is 0. The number of hydrazine groups is 1. The van der Waals surface area contributed by atoms with Crippen LogP contribution < -0.4 is 16.5 Å². The number of carbonyl (C=O) groups is 4. The van der Waals surface area contributed by atoms with Crippen LogP contribution in [0.1, 0.15) is 46.1 Å². The van der Waals surface area contributed by atoms with Gasteiger partial charge in [0.15, 0.2) is 0 Å². The van der Waals surface area contributed by atoms with Crippen LogP contribution in [0.3, 0.4) is 0 Å². The number of aliphatic carboxylic acids is 1. The van der Waals surface area contributed by atoms with Gasteiger partial charge in [0.2, 0.25) is 5.91 Å². The number of hydrogen-bond acceptors (Lipinski definition) is 4. The SMILES string of the molecule is CC(C)C[C@@H](C(=O)NN(CC(C)C)C(=O)CNC(N)=O)[C@H](C/C=C/c1ccccc1)C(=O)O. The van der Waals surface area contributed by atoms with Crippen molar-refractivity contribution in [2.24, 2.45) is 29.4 Å². The van der Waals surface area contributed by atoms with Gasteiger partial charge in [-0.25, -0.2) is 4.79 Å². The average molecular weight is 461 g/mol. The van der Waals surface area contributed by atoms with Crippen molar-refractivity contribution >= 4 is 29.9 Å². The fraction of sp³-hybridized carbons (Fsp3) is 0.500. The zero-order valence-corrected chi connectivity index (χ0v) is 19.8. The second-order valence-corrected chi connectivity index (χ2v) is 8.82. The number of benzene rings is 1. The lowest BCUT2D eigenvalue weighted by atomic mass is 9.82. The molecular formula is C24H36N4O5. The Morgan fingerprint density at radius 2 is 1.67 bits per heavy atom. The highest BCUT2D eigenvalue weighted by Crippen LogP contribution is 2.25. The van der Waals surface area contributed by atoms with Crippen LogP contribution in [0.25, 0.3) is 6.08 Å². The lowest BCUT2D eigenvalue weighted by Crippen LogP contribution is -2.54. The lowest BCUT2D eigenvalue weighted by molar-refractivity contribution is -0.151. The summed E-state index contributed by atoms with van der Waals surface area (Å²) < 4.78 is 0. The number of nitrogens with zero attached hydrogens (tertiary/aromatic N) is 1. The highest BCUT2D eigenvalue weighted by molar-refractivity contribution is 5.88. The highest BCUT2D eigenvalue weighted by Gasteiger charge is 2.35. The Morgan fingerprint density at radius 1 is 1.03 bits per heavy atom. The zero-order chi connectivity index (χ0) is 25.0. The largest absolute Gasteiger partial charge is 0.481 e. The van der Waals surface area contributed by atoms with Gasteiger partial charge in [-0.15, -0.1) is 0 Å². The summed E-state index contributed by atoms with van der Waals surface area (Å²) in [5.41, 5.74) is 8.55. The first-order chi connectivity index (χ1) is 15.5. The number of hydrogen-bond donors (Lipinski definition) is 4. The lowest BCUT2D eigenvalue weighted by Gasteiger charge is -2.30. The zero-order valence-electron chi connectivity index (χ0n) is 19.8. The summed E-state index contributed by atoms with van der Waals surface area (Å²) in [5, 5.41) is 13.2. The fourth-order valence-electron chi connectivity index (χ4n) is 3.36. The Labute approximate surface area is 195 Å². The maximum Gasteiger partial charge on any atom is 0.312 e. The number of carboxylic acid groups (broad SMARTS) is 1. The first kappa shape index (κ1) is 27.7. The van der Waals surface area contributed by atoms with E-state index in [9.17, 15) is 24.3 Å². The molecule has 1 aromatic carbocycles. The molecule has 33 heavy (non-hydrogen) atoms. The number of nitrogens with two attached hydrogens (primary N) is 1. The maximum absolute atomic E-state index is 13.2. The van der Waals surface area contributed by atoms with E-state index < -0.39 is 35.7 Å². The standard InChI is InChI=1S/C24H36N4O5/c1-16(2)13-20(19(23(31)32)12-8-11-18-9-6-5-7-10-18)22(30)27-28(15-17(3)4)21(29)14-26-24(25)33/h5-11,16-17,19-20H,12-15H2,1-4H3,(H,27,30)(H,31,32)(H3,25,26,33)/b11-8+/t19-,20+/m0/s1. The molecule has 0 radical (unpaired) electrons. The van der Waals surface area contributed by atoms with Crippen LogP contribution in [0.15, 0.2) is 36.4 Å². The van der Waals surface area contributed by atoms with E-state index >= 15 is 0 Å². The summed E-state index contributed by atoms with van der Waals surface area (Å²) in [5.74, 6) is -3.90. The second-order valence-electron chi connectivity index (χ2n) is 8.82. The summed E-state index contributed by atoms with van der Waals surface area (Å²) in [7, 11) is 0. The van der Waals surface area contributed by atoms with Crippen molar-refractivity contribution in [2.75, 3.05) is 13.1 Å². The quantitative estimate of drug-likeness (QED) is 0.355. The van der Waals surface area contributed by atoms with Crippen LogP contribution >= 0.6 is 0 Å². The van der Waals surface area contributed by atoms with Gasteiger partial charge in [0.25, 0.3) is 5.91 Å². The molecular weight excluding hydrogens is 424 g/mol. The molecule has 0 aliphatic carbocycles. The van der Waals surface area contributed by atoms with Crippen LogP contribution in [0.4, 0.5) is 4.79 Å². The maximum atomic E-state index is 13.2. The molecule has 5 N–H and O–H groups in total. The van der Waals surface area contributed by atoms with Crippen LogP contribution in [0.5, 0.6) is 0 Å².